The minimum atomic E-state index is -0.00236. The fourth-order valence-electron chi connectivity index (χ4n) is 2.08. The maximum absolute atomic E-state index is 5.39. The number of pyridine rings is 1. The highest BCUT2D eigenvalue weighted by Gasteiger charge is 2.22. The Morgan fingerprint density at radius 3 is 2.84 bits per heavy atom. The second-order valence-electron chi connectivity index (χ2n) is 4.15. The van der Waals surface area contributed by atoms with Crippen molar-refractivity contribution in [2.24, 2.45) is 7.05 Å². The molecule has 0 fully saturated rings. The Hall–Kier alpha value is -1.40. The Kier molecular flexibility index (Phi) is 4.55. The number of aryl methyl sites for hydroxylation is 1. The summed E-state index contributed by atoms with van der Waals surface area (Å²) < 4.78 is 8.17. The van der Waals surface area contributed by atoms with Gasteiger partial charge in [-0.1, -0.05) is 6.92 Å². The van der Waals surface area contributed by atoms with E-state index in [9.17, 15) is 0 Å². The Labute approximate surface area is 121 Å². The molecule has 0 aromatic carbocycles. The summed E-state index contributed by atoms with van der Waals surface area (Å²) in [6, 6.07) is 2.05. The van der Waals surface area contributed by atoms with Crippen molar-refractivity contribution in [1.82, 2.24) is 20.1 Å². The highest BCUT2D eigenvalue weighted by Crippen LogP contribution is 2.30. The summed E-state index contributed by atoms with van der Waals surface area (Å²) in [5, 5.41) is 7.70. The lowest BCUT2D eigenvalue weighted by Gasteiger charge is -2.19. The third kappa shape index (κ3) is 2.96. The molecular formula is C13H17BrN4O. The number of methoxy groups -OCH3 is 1. The molecule has 1 N–H and O–H groups in total. The van der Waals surface area contributed by atoms with Crippen LogP contribution in [0.2, 0.25) is 0 Å². The van der Waals surface area contributed by atoms with Crippen LogP contribution in [-0.4, -0.2) is 28.4 Å². The molecule has 1 unspecified atom stereocenters. The van der Waals surface area contributed by atoms with Gasteiger partial charge >= 0.3 is 0 Å². The van der Waals surface area contributed by atoms with Crippen LogP contribution in [0.3, 0.4) is 0 Å². The van der Waals surface area contributed by atoms with Crippen LogP contribution in [-0.2, 0) is 7.05 Å². The van der Waals surface area contributed by atoms with E-state index in [1.165, 1.54) is 0 Å². The molecule has 19 heavy (non-hydrogen) atoms. The first kappa shape index (κ1) is 14.0. The lowest BCUT2D eigenvalue weighted by Crippen LogP contribution is -2.25. The van der Waals surface area contributed by atoms with Gasteiger partial charge in [-0.2, -0.15) is 5.10 Å². The summed E-state index contributed by atoms with van der Waals surface area (Å²) in [7, 11) is 3.57. The molecule has 0 saturated carbocycles. The van der Waals surface area contributed by atoms with E-state index in [2.05, 4.69) is 38.3 Å². The molecule has 1 atom stereocenters. The molecule has 0 aliphatic heterocycles. The van der Waals surface area contributed by atoms with Crippen molar-refractivity contribution >= 4 is 15.9 Å². The molecule has 0 aliphatic carbocycles. The molecule has 0 bridgehead atoms. The van der Waals surface area contributed by atoms with Crippen molar-refractivity contribution in [3.8, 4) is 5.75 Å². The van der Waals surface area contributed by atoms with Crippen molar-refractivity contribution in [1.29, 1.82) is 0 Å². The highest BCUT2D eigenvalue weighted by atomic mass is 79.9. The van der Waals surface area contributed by atoms with Gasteiger partial charge in [-0.15, -0.1) is 0 Å². The molecule has 0 aliphatic rings. The fourth-order valence-corrected chi connectivity index (χ4v) is 2.46. The average Bonchev–Trinajstić information content (AvgIpc) is 2.77. The van der Waals surface area contributed by atoms with Crippen molar-refractivity contribution < 1.29 is 4.74 Å². The normalized spacial score (nSPS) is 12.4. The fraction of sp³-hybridized carbons (Fsp3) is 0.385. The predicted octanol–water partition coefficient (Wildman–Crippen LogP) is 2.29. The van der Waals surface area contributed by atoms with Crippen LogP contribution in [0.15, 0.2) is 29.1 Å². The van der Waals surface area contributed by atoms with Gasteiger partial charge in [-0.3, -0.25) is 9.67 Å². The first-order valence-corrected chi connectivity index (χ1v) is 6.86. The summed E-state index contributed by atoms with van der Waals surface area (Å²) in [5.41, 5.74) is 2.06. The molecule has 5 nitrogen and oxygen atoms in total. The maximum Gasteiger partial charge on any atom is 0.161 e. The number of hydrogen-bond acceptors (Lipinski definition) is 4. The molecule has 102 valence electrons. The number of rotatable bonds is 5. The standard InChI is InChI=1S/C13H17BrN4O/c1-4-16-12(9-5-10(14)7-15-6-9)13-11(19-3)8-17-18(13)2/h5-8,12,16H,4H2,1-3H3. The topological polar surface area (TPSA) is 52.0 Å². The van der Waals surface area contributed by atoms with Gasteiger partial charge in [0.05, 0.1) is 19.3 Å². The largest absolute Gasteiger partial charge is 0.493 e. The van der Waals surface area contributed by atoms with Crippen LogP contribution in [0.25, 0.3) is 0 Å². The summed E-state index contributed by atoms with van der Waals surface area (Å²) in [5.74, 6) is 0.772. The zero-order chi connectivity index (χ0) is 13.8. The smallest absolute Gasteiger partial charge is 0.161 e. The van der Waals surface area contributed by atoms with E-state index in [0.29, 0.717) is 0 Å². The first-order chi connectivity index (χ1) is 9.17. The van der Waals surface area contributed by atoms with E-state index in [1.807, 2.05) is 24.0 Å². The van der Waals surface area contributed by atoms with Gasteiger partial charge in [0, 0.05) is 23.9 Å². The predicted molar refractivity (Wildman–Crippen MR) is 77.2 cm³/mol. The molecule has 0 spiro atoms. The monoisotopic (exact) mass is 324 g/mol. The molecule has 0 radical (unpaired) electrons. The van der Waals surface area contributed by atoms with E-state index in [4.69, 9.17) is 4.74 Å². The molecule has 2 rings (SSSR count). The summed E-state index contributed by atoms with van der Waals surface area (Å²) in [4.78, 5) is 4.23. The van der Waals surface area contributed by atoms with Crippen LogP contribution in [0.4, 0.5) is 0 Å². The minimum Gasteiger partial charge on any atom is -0.493 e. The third-order valence-corrected chi connectivity index (χ3v) is 3.34. The maximum atomic E-state index is 5.39. The molecule has 2 aromatic rings. The Morgan fingerprint density at radius 1 is 1.42 bits per heavy atom. The zero-order valence-electron chi connectivity index (χ0n) is 11.2. The van der Waals surface area contributed by atoms with Crippen LogP contribution in [0.1, 0.15) is 24.2 Å². The summed E-state index contributed by atoms with van der Waals surface area (Å²) in [6.45, 7) is 2.91. The van der Waals surface area contributed by atoms with Crippen LogP contribution in [0, 0.1) is 0 Å². The molecule has 2 aromatic heterocycles. The van der Waals surface area contributed by atoms with Gasteiger partial charge in [-0.05, 0) is 34.1 Å². The lowest BCUT2D eigenvalue weighted by atomic mass is 10.1. The van der Waals surface area contributed by atoms with Gasteiger partial charge in [0.1, 0.15) is 5.69 Å². The summed E-state index contributed by atoms with van der Waals surface area (Å²) >= 11 is 3.46. The average molecular weight is 325 g/mol. The van der Waals surface area contributed by atoms with Gasteiger partial charge in [0.2, 0.25) is 0 Å². The summed E-state index contributed by atoms with van der Waals surface area (Å²) in [6.07, 6.45) is 5.35. The van der Waals surface area contributed by atoms with Crippen molar-refractivity contribution in [3.63, 3.8) is 0 Å². The molecule has 0 saturated heterocycles. The van der Waals surface area contributed by atoms with Crippen LogP contribution < -0.4 is 10.1 Å². The van der Waals surface area contributed by atoms with Gasteiger partial charge in [0.25, 0.3) is 0 Å². The van der Waals surface area contributed by atoms with Crippen molar-refractivity contribution in [2.45, 2.75) is 13.0 Å². The second-order valence-corrected chi connectivity index (χ2v) is 5.06. The third-order valence-electron chi connectivity index (χ3n) is 2.91. The van der Waals surface area contributed by atoms with Crippen LogP contribution in [0.5, 0.6) is 5.75 Å². The van der Waals surface area contributed by atoms with E-state index < -0.39 is 0 Å². The van der Waals surface area contributed by atoms with E-state index in [-0.39, 0.29) is 6.04 Å². The first-order valence-electron chi connectivity index (χ1n) is 6.07. The number of nitrogens with zero attached hydrogens (tertiary/aromatic N) is 3. The van der Waals surface area contributed by atoms with Gasteiger partial charge in [-0.25, -0.2) is 0 Å². The Morgan fingerprint density at radius 2 is 2.21 bits per heavy atom. The van der Waals surface area contributed by atoms with Crippen molar-refractivity contribution in [2.75, 3.05) is 13.7 Å². The quantitative estimate of drug-likeness (QED) is 0.916. The lowest BCUT2D eigenvalue weighted by molar-refractivity contribution is 0.401. The highest BCUT2D eigenvalue weighted by molar-refractivity contribution is 9.10. The second kappa shape index (κ2) is 6.16. The molecular weight excluding hydrogens is 308 g/mol. The van der Waals surface area contributed by atoms with E-state index >= 15 is 0 Å². The number of ether oxygens (including phenoxy) is 1. The SMILES string of the molecule is CCNC(c1cncc(Br)c1)c1c(OC)cnn1C. The Balaban J connectivity index is 2.48. The van der Waals surface area contributed by atoms with E-state index in [1.54, 1.807) is 19.5 Å². The van der Waals surface area contributed by atoms with Gasteiger partial charge in [0.15, 0.2) is 5.75 Å². The molecule has 6 heteroatoms. The van der Waals surface area contributed by atoms with Gasteiger partial charge < -0.3 is 10.1 Å². The number of aromatic nitrogens is 3. The van der Waals surface area contributed by atoms with Crippen molar-refractivity contribution in [3.05, 3.63) is 40.4 Å². The minimum absolute atomic E-state index is 0.00236. The number of hydrogen-bond donors (Lipinski definition) is 1. The number of nitrogens with one attached hydrogen (secondary N) is 1. The Bertz CT molecular complexity index is 555. The number of halogens is 1. The zero-order valence-corrected chi connectivity index (χ0v) is 12.8. The van der Waals surface area contributed by atoms with E-state index in [0.717, 1.165) is 28.0 Å². The molecule has 2 heterocycles. The van der Waals surface area contributed by atoms with Crippen LogP contribution >= 0.6 is 15.9 Å². The molecule has 0 amide bonds.